The molecule has 1 aliphatic heterocycles. The summed E-state index contributed by atoms with van der Waals surface area (Å²) >= 11 is 1.22. The number of aliphatic hydroxyl groups is 4. The summed E-state index contributed by atoms with van der Waals surface area (Å²) in [7, 11) is 0. The molecule has 0 spiro atoms. The minimum absolute atomic E-state index is 0.0553. The third-order valence-electron chi connectivity index (χ3n) is 3.75. The van der Waals surface area contributed by atoms with E-state index >= 15 is 0 Å². The van der Waals surface area contributed by atoms with E-state index in [0.717, 1.165) is 0 Å². The number of nitrogens with zero attached hydrogens (tertiary/aromatic N) is 3. The van der Waals surface area contributed by atoms with Gasteiger partial charge in [0.05, 0.1) is 12.9 Å². The lowest BCUT2D eigenvalue weighted by Gasteiger charge is -2.40. The van der Waals surface area contributed by atoms with Crippen molar-refractivity contribution in [1.82, 2.24) is 19.5 Å². The summed E-state index contributed by atoms with van der Waals surface area (Å²) in [6, 6.07) is 0. The number of fused-ring (bicyclic) bond motifs is 1. The second-order valence-corrected chi connectivity index (χ2v) is 5.91. The summed E-state index contributed by atoms with van der Waals surface area (Å²) in [6.45, 7) is -0.544. The Morgan fingerprint density at radius 3 is 2.74 bits per heavy atom. The molecular weight excluding hydrogens is 328 g/mol. The van der Waals surface area contributed by atoms with Gasteiger partial charge in [0.2, 0.25) is 0 Å². The molecule has 126 valence electrons. The molecule has 0 amide bonds. The van der Waals surface area contributed by atoms with Crippen LogP contribution in [-0.4, -0.2) is 77.2 Å². The predicted octanol–water partition coefficient (Wildman–Crippen LogP) is -2.19. The fraction of sp³-hybridized carbons (Fsp3) is 0.583. The summed E-state index contributed by atoms with van der Waals surface area (Å²) in [5.41, 5.74) is -0.218. The number of rotatable bonds is 3. The maximum atomic E-state index is 12.0. The van der Waals surface area contributed by atoms with Crippen molar-refractivity contribution in [2.45, 2.75) is 35.8 Å². The minimum atomic E-state index is -1.52. The molecule has 1 saturated heterocycles. The van der Waals surface area contributed by atoms with Crippen LogP contribution in [0.15, 0.2) is 16.3 Å². The molecule has 5 N–H and O–H groups in total. The van der Waals surface area contributed by atoms with E-state index in [4.69, 9.17) is 4.74 Å². The van der Waals surface area contributed by atoms with Crippen LogP contribution in [0.3, 0.4) is 0 Å². The lowest BCUT2D eigenvalue weighted by atomic mass is 9.98. The van der Waals surface area contributed by atoms with E-state index in [9.17, 15) is 25.2 Å². The summed E-state index contributed by atoms with van der Waals surface area (Å²) in [5, 5.41) is 39.5. The third kappa shape index (κ3) is 2.65. The zero-order valence-corrected chi connectivity index (χ0v) is 12.8. The molecule has 2 aromatic heterocycles. The number of aromatic amines is 1. The number of imidazole rings is 1. The van der Waals surface area contributed by atoms with Gasteiger partial charge in [-0.05, 0) is 6.26 Å². The molecule has 0 saturated carbocycles. The number of nitrogens with one attached hydrogen (secondary N) is 1. The fourth-order valence-electron chi connectivity index (χ4n) is 2.50. The van der Waals surface area contributed by atoms with Crippen molar-refractivity contribution >= 4 is 22.9 Å². The van der Waals surface area contributed by atoms with Gasteiger partial charge in [-0.15, -0.1) is 0 Å². The molecule has 5 atom stereocenters. The molecule has 1 fully saturated rings. The highest BCUT2D eigenvalue weighted by atomic mass is 32.2. The van der Waals surface area contributed by atoms with E-state index in [2.05, 4.69) is 15.0 Å². The van der Waals surface area contributed by atoms with E-state index in [1.807, 2.05) is 0 Å². The van der Waals surface area contributed by atoms with Gasteiger partial charge < -0.3 is 25.2 Å². The number of ether oxygens (including phenoxy) is 1. The topological polar surface area (TPSA) is 154 Å². The van der Waals surface area contributed by atoms with Crippen LogP contribution >= 0.6 is 11.8 Å². The number of thioether (sulfide) groups is 1. The molecule has 10 nitrogen and oxygen atoms in total. The van der Waals surface area contributed by atoms with E-state index in [0.29, 0.717) is 5.16 Å². The normalized spacial score (nSPS) is 31.6. The van der Waals surface area contributed by atoms with Gasteiger partial charge in [-0.2, -0.15) is 0 Å². The third-order valence-corrected chi connectivity index (χ3v) is 4.33. The molecular formula is C12H16N4O6S. The Morgan fingerprint density at radius 2 is 2.09 bits per heavy atom. The van der Waals surface area contributed by atoms with E-state index in [-0.39, 0.29) is 11.2 Å². The highest BCUT2D eigenvalue weighted by molar-refractivity contribution is 7.98. The zero-order chi connectivity index (χ0) is 16.7. The van der Waals surface area contributed by atoms with Gasteiger partial charge in [0.25, 0.3) is 5.56 Å². The Morgan fingerprint density at radius 1 is 1.35 bits per heavy atom. The number of hydrogen-bond donors (Lipinski definition) is 5. The average molecular weight is 344 g/mol. The molecule has 2 aromatic rings. The van der Waals surface area contributed by atoms with Crippen LogP contribution in [0.4, 0.5) is 0 Å². The van der Waals surface area contributed by atoms with Crippen molar-refractivity contribution in [3.05, 3.63) is 16.7 Å². The highest BCUT2D eigenvalue weighted by Gasteiger charge is 2.44. The molecule has 3 heterocycles. The second kappa shape index (κ2) is 6.19. The van der Waals surface area contributed by atoms with Crippen LogP contribution in [0.5, 0.6) is 0 Å². The maximum absolute atomic E-state index is 12.0. The van der Waals surface area contributed by atoms with Gasteiger partial charge in [0, 0.05) is 0 Å². The molecule has 0 aromatic carbocycles. The first-order valence-corrected chi connectivity index (χ1v) is 8.01. The summed E-state index contributed by atoms with van der Waals surface area (Å²) in [5.74, 6) is 0. The van der Waals surface area contributed by atoms with Crippen molar-refractivity contribution in [1.29, 1.82) is 0 Å². The van der Waals surface area contributed by atoms with Gasteiger partial charge in [-0.3, -0.25) is 14.3 Å². The van der Waals surface area contributed by atoms with Gasteiger partial charge in [-0.25, -0.2) is 9.97 Å². The molecule has 23 heavy (non-hydrogen) atoms. The van der Waals surface area contributed by atoms with E-state index in [1.165, 1.54) is 22.7 Å². The Hall–Kier alpha value is -1.50. The van der Waals surface area contributed by atoms with Gasteiger partial charge in [-0.1, -0.05) is 11.8 Å². The SMILES string of the molecule is CSc1nc2c(ncn2[C@@H]2O[C@H](CO)[C@@H](O)[C@H](O)[C@H]2O)c(=O)[nH]1. The van der Waals surface area contributed by atoms with E-state index in [1.54, 1.807) is 6.26 Å². The highest BCUT2D eigenvalue weighted by Crippen LogP contribution is 2.30. The molecule has 11 heteroatoms. The number of H-pyrrole nitrogens is 1. The lowest BCUT2D eigenvalue weighted by molar-refractivity contribution is -0.250. The number of hydrogen-bond acceptors (Lipinski definition) is 9. The van der Waals surface area contributed by atoms with E-state index < -0.39 is 42.8 Å². The zero-order valence-electron chi connectivity index (χ0n) is 12.0. The Labute approximate surface area is 133 Å². The summed E-state index contributed by atoms with van der Waals surface area (Å²) in [4.78, 5) is 22.7. The van der Waals surface area contributed by atoms with Crippen LogP contribution in [0, 0.1) is 0 Å². The number of aliphatic hydroxyl groups excluding tert-OH is 4. The van der Waals surface area contributed by atoms with Crippen LogP contribution in [0.2, 0.25) is 0 Å². The second-order valence-electron chi connectivity index (χ2n) is 5.12. The Balaban J connectivity index is 2.08. The summed E-state index contributed by atoms with van der Waals surface area (Å²) < 4.78 is 6.75. The van der Waals surface area contributed by atoms with Crippen molar-refractivity contribution < 1.29 is 25.2 Å². The molecule has 0 unspecified atom stereocenters. The van der Waals surface area contributed by atoms with Gasteiger partial charge in [0.1, 0.15) is 24.4 Å². The van der Waals surface area contributed by atoms with Crippen LogP contribution in [0.25, 0.3) is 11.2 Å². The van der Waals surface area contributed by atoms with Crippen molar-refractivity contribution in [2.75, 3.05) is 12.9 Å². The van der Waals surface area contributed by atoms with Gasteiger partial charge in [0.15, 0.2) is 22.5 Å². The smallest absolute Gasteiger partial charge is 0.279 e. The first kappa shape index (κ1) is 16.4. The average Bonchev–Trinajstić information content (AvgIpc) is 2.97. The quantitative estimate of drug-likeness (QED) is 0.309. The molecule has 0 bridgehead atoms. The standard InChI is InChI=1S/C12H16N4O6S/c1-23-12-14-9-5(10(21)15-12)13-3-16(9)11-8(20)7(19)6(18)4(2-17)22-11/h3-4,6-8,11,17-20H,2H2,1H3,(H,14,15,21)/t4-,6-,7+,8-,11-/m1/s1. The monoisotopic (exact) mass is 344 g/mol. The molecule has 1 aliphatic rings. The van der Waals surface area contributed by atoms with Crippen molar-refractivity contribution in [3.8, 4) is 0 Å². The van der Waals surface area contributed by atoms with Crippen LogP contribution < -0.4 is 5.56 Å². The Kier molecular flexibility index (Phi) is 4.40. The van der Waals surface area contributed by atoms with Gasteiger partial charge >= 0.3 is 0 Å². The summed E-state index contributed by atoms with van der Waals surface area (Å²) in [6.07, 6.45) is -3.69. The minimum Gasteiger partial charge on any atom is -0.394 e. The lowest BCUT2D eigenvalue weighted by Crippen LogP contribution is -2.56. The maximum Gasteiger partial charge on any atom is 0.279 e. The molecule has 0 aliphatic carbocycles. The molecule has 0 radical (unpaired) electrons. The van der Waals surface area contributed by atoms with Crippen molar-refractivity contribution in [3.63, 3.8) is 0 Å². The van der Waals surface area contributed by atoms with Crippen LogP contribution in [-0.2, 0) is 4.74 Å². The Bertz CT molecular complexity index is 762. The largest absolute Gasteiger partial charge is 0.394 e. The van der Waals surface area contributed by atoms with Crippen molar-refractivity contribution in [2.24, 2.45) is 0 Å². The molecule has 3 rings (SSSR count). The first-order valence-electron chi connectivity index (χ1n) is 6.79. The van der Waals surface area contributed by atoms with Crippen LogP contribution in [0.1, 0.15) is 6.23 Å². The fourth-order valence-corrected chi connectivity index (χ4v) is 2.87. The number of aromatic nitrogens is 4. The first-order chi connectivity index (χ1) is 11.0. The predicted molar refractivity (Wildman–Crippen MR) is 78.9 cm³/mol.